The highest BCUT2D eigenvalue weighted by Crippen LogP contribution is 2.18. The molecule has 17 heavy (non-hydrogen) atoms. The summed E-state index contributed by atoms with van der Waals surface area (Å²) in [6, 6.07) is 6.12. The van der Waals surface area contributed by atoms with E-state index < -0.39 is 0 Å². The van der Waals surface area contributed by atoms with Crippen LogP contribution in [-0.4, -0.2) is 28.5 Å². The highest BCUT2D eigenvalue weighted by atomic mass is 79.9. The first kappa shape index (κ1) is 12.6. The van der Waals surface area contributed by atoms with Crippen molar-refractivity contribution in [3.05, 3.63) is 28.5 Å². The molecule has 1 aromatic heterocycles. The van der Waals surface area contributed by atoms with Gasteiger partial charge in [-0.3, -0.25) is 4.90 Å². The van der Waals surface area contributed by atoms with Crippen molar-refractivity contribution in [1.29, 1.82) is 0 Å². The van der Waals surface area contributed by atoms with Crippen molar-refractivity contribution in [2.45, 2.75) is 26.3 Å². The number of hydrogen-bond acceptors (Lipinski definition) is 2. The van der Waals surface area contributed by atoms with Crippen LogP contribution in [0.25, 0.3) is 11.0 Å². The summed E-state index contributed by atoms with van der Waals surface area (Å²) in [5.74, 6) is 1.04. The van der Waals surface area contributed by atoms with Crippen LogP contribution in [0.3, 0.4) is 0 Å². The topological polar surface area (TPSA) is 31.9 Å². The summed E-state index contributed by atoms with van der Waals surface area (Å²) in [4.78, 5) is 10.2. The molecule has 0 aliphatic rings. The molecule has 0 atom stereocenters. The van der Waals surface area contributed by atoms with E-state index in [1.165, 1.54) is 12.8 Å². The molecule has 2 rings (SSSR count). The highest BCUT2D eigenvalue weighted by Gasteiger charge is 2.05. The molecule has 92 valence electrons. The number of benzene rings is 1. The molecule has 0 saturated heterocycles. The summed E-state index contributed by atoms with van der Waals surface area (Å²) in [5.41, 5.74) is 2.13. The van der Waals surface area contributed by atoms with Crippen LogP contribution in [0.4, 0.5) is 0 Å². The summed E-state index contributed by atoms with van der Waals surface area (Å²) in [6.07, 6.45) is 2.47. The highest BCUT2D eigenvalue weighted by molar-refractivity contribution is 9.10. The van der Waals surface area contributed by atoms with Gasteiger partial charge >= 0.3 is 0 Å². The third-order valence-electron chi connectivity index (χ3n) is 2.81. The molecule has 1 heterocycles. The lowest BCUT2D eigenvalue weighted by atomic mass is 10.3. The fourth-order valence-electron chi connectivity index (χ4n) is 1.87. The van der Waals surface area contributed by atoms with Gasteiger partial charge in [0.15, 0.2) is 0 Å². The lowest BCUT2D eigenvalue weighted by molar-refractivity contribution is 0.314. The first-order valence-corrected chi connectivity index (χ1v) is 6.81. The van der Waals surface area contributed by atoms with Crippen molar-refractivity contribution in [3.8, 4) is 0 Å². The van der Waals surface area contributed by atoms with Gasteiger partial charge in [0.05, 0.1) is 17.6 Å². The van der Waals surface area contributed by atoms with Gasteiger partial charge in [0.25, 0.3) is 0 Å². The first-order chi connectivity index (χ1) is 8.19. The molecule has 0 unspecified atom stereocenters. The second kappa shape index (κ2) is 5.65. The molecule has 0 saturated carbocycles. The van der Waals surface area contributed by atoms with Gasteiger partial charge in [-0.15, -0.1) is 0 Å². The van der Waals surface area contributed by atoms with Gasteiger partial charge in [-0.25, -0.2) is 4.98 Å². The van der Waals surface area contributed by atoms with Crippen LogP contribution in [0, 0.1) is 0 Å². The Labute approximate surface area is 110 Å². The summed E-state index contributed by atoms with van der Waals surface area (Å²) in [5, 5.41) is 0. The van der Waals surface area contributed by atoms with Crippen LogP contribution in [0.15, 0.2) is 22.7 Å². The van der Waals surface area contributed by atoms with Crippen molar-refractivity contribution in [2.24, 2.45) is 0 Å². The smallest absolute Gasteiger partial charge is 0.121 e. The Hall–Kier alpha value is -0.870. The van der Waals surface area contributed by atoms with Gasteiger partial charge in [0.2, 0.25) is 0 Å². The van der Waals surface area contributed by atoms with E-state index in [-0.39, 0.29) is 0 Å². The van der Waals surface area contributed by atoms with Crippen LogP contribution in [-0.2, 0) is 6.54 Å². The van der Waals surface area contributed by atoms with Crippen molar-refractivity contribution < 1.29 is 0 Å². The number of aromatic nitrogens is 2. The summed E-state index contributed by atoms with van der Waals surface area (Å²) >= 11 is 3.47. The van der Waals surface area contributed by atoms with Crippen LogP contribution in [0.1, 0.15) is 25.6 Å². The number of fused-ring (bicyclic) bond motifs is 1. The molecule has 0 amide bonds. The standard InChI is InChI=1S/C13H18BrN3/c1-3-4-7-17(2)9-13-15-11-6-5-10(14)8-12(11)16-13/h5-6,8H,3-4,7,9H2,1-2H3,(H,15,16). The predicted octanol–water partition coefficient (Wildman–Crippen LogP) is 3.56. The Morgan fingerprint density at radius 3 is 3.00 bits per heavy atom. The third kappa shape index (κ3) is 3.30. The van der Waals surface area contributed by atoms with E-state index in [0.717, 1.165) is 34.4 Å². The van der Waals surface area contributed by atoms with Gasteiger partial charge in [-0.2, -0.15) is 0 Å². The van der Waals surface area contributed by atoms with Gasteiger partial charge in [0.1, 0.15) is 5.82 Å². The maximum Gasteiger partial charge on any atom is 0.121 e. The second-order valence-corrected chi connectivity index (χ2v) is 5.35. The lowest BCUT2D eigenvalue weighted by Crippen LogP contribution is -2.19. The molecule has 0 fully saturated rings. The molecule has 0 bridgehead atoms. The normalized spacial score (nSPS) is 11.5. The monoisotopic (exact) mass is 295 g/mol. The molecular weight excluding hydrogens is 278 g/mol. The van der Waals surface area contributed by atoms with Gasteiger partial charge in [-0.1, -0.05) is 29.3 Å². The van der Waals surface area contributed by atoms with E-state index in [0.29, 0.717) is 0 Å². The number of nitrogens with one attached hydrogen (secondary N) is 1. The first-order valence-electron chi connectivity index (χ1n) is 6.01. The van der Waals surface area contributed by atoms with E-state index in [2.05, 4.69) is 50.8 Å². The number of nitrogens with zero attached hydrogens (tertiary/aromatic N) is 2. The molecule has 0 spiro atoms. The third-order valence-corrected chi connectivity index (χ3v) is 3.30. The minimum atomic E-state index is 0.881. The van der Waals surface area contributed by atoms with Crippen LogP contribution >= 0.6 is 15.9 Å². The largest absolute Gasteiger partial charge is 0.341 e. The second-order valence-electron chi connectivity index (χ2n) is 4.44. The Kier molecular flexibility index (Phi) is 4.18. The van der Waals surface area contributed by atoms with Crippen molar-refractivity contribution in [1.82, 2.24) is 14.9 Å². The summed E-state index contributed by atoms with van der Waals surface area (Å²) in [6.45, 7) is 4.22. The average molecular weight is 296 g/mol. The van der Waals surface area contributed by atoms with Crippen LogP contribution in [0.2, 0.25) is 0 Å². The SMILES string of the molecule is CCCCN(C)Cc1nc2ccc(Br)cc2[nH]1. The lowest BCUT2D eigenvalue weighted by Gasteiger charge is -2.13. The van der Waals surface area contributed by atoms with Gasteiger partial charge < -0.3 is 4.98 Å². The van der Waals surface area contributed by atoms with Crippen molar-refractivity contribution in [2.75, 3.05) is 13.6 Å². The van der Waals surface area contributed by atoms with Gasteiger partial charge in [0, 0.05) is 4.47 Å². The molecule has 0 aliphatic carbocycles. The number of H-pyrrole nitrogens is 1. The molecule has 3 nitrogen and oxygen atoms in total. The minimum Gasteiger partial charge on any atom is -0.341 e. The Morgan fingerprint density at radius 2 is 2.24 bits per heavy atom. The fraction of sp³-hybridized carbons (Fsp3) is 0.462. The molecule has 2 aromatic rings. The molecular formula is C13H18BrN3. The number of imidazole rings is 1. The molecule has 0 radical (unpaired) electrons. The number of unbranched alkanes of at least 4 members (excludes halogenated alkanes) is 1. The quantitative estimate of drug-likeness (QED) is 0.915. The summed E-state index contributed by atoms with van der Waals surface area (Å²) < 4.78 is 1.08. The predicted molar refractivity (Wildman–Crippen MR) is 75.0 cm³/mol. The molecule has 4 heteroatoms. The Morgan fingerprint density at radius 1 is 1.41 bits per heavy atom. The van der Waals surface area contributed by atoms with Gasteiger partial charge in [-0.05, 0) is 38.2 Å². The van der Waals surface area contributed by atoms with Crippen LogP contribution < -0.4 is 0 Å². The van der Waals surface area contributed by atoms with E-state index in [1.54, 1.807) is 0 Å². The Balaban J connectivity index is 2.08. The van der Waals surface area contributed by atoms with E-state index in [1.807, 2.05) is 12.1 Å². The maximum absolute atomic E-state index is 4.58. The number of hydrogen-bond donors (Lipinski definition) is 1. The molecule has 1 N–H and O–H groups in total. The zero-order chi connectivity index (χ0) is 12.3. The number of halogens is 1. The van der Waals surface area contributed by atoms with E-state index in [4.69, 9.17) is 0 Å². The fourth-order valence-corrected chi connectivity index (χ4v) is 2.23. The number of aromatic amines is 1. The van der Waals surface area contributed by atoms with E-state index in [9.17, 15) is 0 Å². The summed E-state index contributed by atoms with van der Waals surface area (Å²) in [7, 11) is 2.14. The van der Waals surface area contributed by atoms with Crippen molar-refractivity contribution >= 4 is 27.0 Å². The average Bonchev–Trinajstić information content (AvgIpc) is 2.67. The van der Waals surface area contributed by atoms with Crippen molar-refractivity contribution in [3.63, 3.8) is 0 Å². The molecule has 0 aliphatic heterocycles. The zero-order valence-corrected chi connectivity index (χ0v) is 11.9. The van der Waals surface area contributed by atoms with E-state index >= 15 is 0 Å². The Bertz CT molecular complexity index is 492. The number of rotatable bonds is 5. The molecule has 1 aromatic carbocycles. The van der Waals surface area contributed by atoms with Crippen LogP contribution in [0.5, 0.6) is 0 Å². The minimum absolute atomic E-state index is 0.881. The maximum atomic E-state index is 4.58. The zero-order valence-electron chi connectivity index (χ0n) is 10.3.